The second-order valence-corrected chi connectivity index (χ2v) is 6.83. The van der Waals surface area contributed by atoms with E-state index < -0.39 is 0 Å². The first kappa shape index (κ1) is 17.5. The van der Waals surface area contributed by atoms with Gasteiger partial charge in [-0.2, -0.15) is 0 Å². The van der Waals surface area contributed by atoms with Crippen molar-refractivity contribution in [2.75, 3.05) is 13.2 Å². The molecule has 25 heavy (non-hydrogen) atoms. The molecular weight excluding hydrogens is 314 g/mol. The van der Waals surface area contributed by atoms with Gasteiger partial charge in [0.15, 0.2) is 0 Å². The molecule has 1 aliphatic rings. The Morgan fingerprint density at radius 2 is 1.92 bits per heavy atom. The monoisotopic (exact) mass is 339 g/mol. The number of phenolic OH excluding ortho intramolecular Hbond substituents is 1. The molecule has 4 heteroatoms. The third-order valence-corrected chi connectivity index (χ3v) is 4.56. The van der Waals surface area contributed by atoms with Crippen LogP contribution in [0.5, 0.6) is 5.75 Å². The molecule has 1 atom stereocenters. The summed E-state index contributed by atoms with van der Waals surface area (Å²) in [7, 11) is 0. The van der Waals surface area contributed by atoms with Gasteiger partial charge in [-0.1, -0.05) is 35.4 Å². The van der Waals surface area contributed by atoms with Crippen molar-refractivity contribution in [2.24, 2.45) is 0 Å². The summed E-state index contributed by atoms with van der Waals surface area (Å²) in [5.41, 5.74) is 3.58. The maximum atomic E-state index is 13.1. The van der Waals surface area contributed by atoms with Crippen molar-refractivity contribution < 1.29 is 14.6 Å². The molecule has 2 aromatic rings. The SMILES string of the molecule is Cc1cc(C)cc(C(=O)N(Cc2ccccc2O)CC2CCCO2)c1. The highest BCUT2D eigenvalue weighted by Crippen LogP contribution is 2.22. The van der Waals surface area contributed by atoms with Crippen molar-refractivity contribution in [2.45, 2.75) is 39.3 Å². The van der Waals surface area contributed by atoms with Crippen LogP contribution in [-0.2, 0) is 11.3 Å². The number of benzene rings is 2. The van der Waals surface area contributed by atoms with E-state index >= 15 is 0 Å². The average molecular weight is 339 g/mol. The van der Waals surface area contributed by atoms with Crippen molar-refractivity contribution in [1.82, 2.24) is 4.90 Å². The van der Waals surface area contributed by atoms with Gasteiger partial charge in [0.1, 0.15) is 5.75 Å². The van der Waals surface area contributed by atoms with Crippen LogP contribution in [-0.4, -0.2) is 35.2 Å². The number of hydrogen-bond donors (Lipinski definition) is 1. The normalized spacial score (nSPS) is 16.8. The third kappa shape index (κ3) is 4.40. The van der Waals surface area contributed by atoms with Gasteiger partial charge in [-0.05, 0) is 44.9 Å². The number of carbonyl (C=O) groups is 1. The van der Waals surface area contributed by atoms with Crippen molar-refractivity contribution in [3.63, 3.8) is 0 Å². The quantitative estimate of drug-likeness (QED) is 0.901. The fourth-order valence-electron chi connectivity index (χ4n) is 3.38. The molecule has 0 saturated carbocycles. The number of hydrogen-bond acceptors (Lipinski definition) is 3. The number of para-hydroxylation sites is 1. The topological polar surface area (TPSA) is 49.8 Å². The fourth-order valence-corrected chi connectivity index (χ4v) is 3.38. The van der Waals surface area contributed by atoms with Gasteiger partial charge in [-0.3, -0.25) is 4.79 Å². The summed E-state index contributed by atoms with van der Waals surface area (Å²) in [6.07, 6.45) is 2.07. The molecule has 1 heterocycles. The maximum Gasteiger partial charge on any atom is 0.254 e. The smallest absolute Gasteiger partial charge is 0.254 e. The predicted molar refractivity (Wildman–Crippen MR) is 97.7 cm³/mol. The Labute approximate surface area is 149 Å². The molecule has 1 saturated heterocycles. The van der Waals surface area contributed by atoms with Crippen LogP contribution >= 0.6 is 0 Å². The fraction of sp³-hybridized carbons (Fsp3) is 0.381. The van der Waals surface area contributed by atoms with Crippen LogP contribution < -0.4 is 0 Å². The summed E-state index contributed by atoms with van der Waals surface area (Å²) < 4.78 is 5.73. The van der Waals surface area contributed by atoms with Crippen molar-refractivity contribution in [1.29, 1.82) is 0 Å². The molecule has 3 rings (SSSR count). The number of nitrogens with zero attached hydrogens (tertiary/aromatic N) is 1. The Hall–Kier alpha value is -2.33. The lowest BCUT2D eigenvalue weighted by Gasteiger charge is -2.26. The first-order valence-electron chi connectivity index (χ1n) is 8.79. The summed E-state index contributed by atoms with van der Waals surface area (Å²) >= 11 is 0. The van der Waals surface area contributed by atoms with Crippen LogP contribution in [0.3, 0.4) is 0 Å². The summed E-state index contributed by atoms with van der Waals surface area (Å²) in [6.45, 7) is 5.67. The van der Waals surface area contributed by atoms with E-state index in [1.54, 1.807) is 17.0 Å². The molecule has 0 aliphatic carbocycles. The minimum absolute atomic E-state index is 0.0226. The lowest BCUT2D eigenvalue weighted by Crippen LogP contribution is -2.37. The highest BCUT2D eigenvalue weighted by molar-refractivity contribution is 5.94. The van der Waals surface area contributed by atoms with Gasteiger partial charge in [-0.25, -0.2) is 0 Å². The Balaban J connectivity index is 1.86. The first-order chi connectivity index (χ1) is 12.0. The summed E-state index contributed by atoms with van der Waals surface area (Å²) in [4.78, 5) is 14.9. The zero-order chi connectivity index (χ0) is 17.8. The second-order valence-electron chi connectivity index (χ2n) is 6.83. The van der Waals surface area contributed by atoms with Crippen molar-refractivity contribution >= 4 is 5.91 Å². The van der Waals surface area contributed by atoms with E-state index in [4.69, 9.17) is 4.74 Å². The molecule has 1 aliphatic heterocycles. The van der Waals surface area contributed by atoms with Gasteiger partial charge in [0, 0.05) is 30.8 Å². The molecule has 0 radical (unpaired) electrons. The largest absolute Gasteiger partial charge is 0.508 e. The van der Waals surface area contributed by atoms with Gasteiger partial charge in [0.2, 0.25) is 0 Å². The highest BCUT2D eigenvalue weighted by atomic mass is 16.5. The van der Waals surface area contributed by atoms with Gasteiger partial charge < -0.3 is 14.7 Å². The molecule has 4 nitrogen and oxygen atoms in total. The molecule has 2 aromatic carbocycles. The zero-order valence-corrected chi connectivity index (χ0v) is 14.9. The van der Waals surface area contributed by atoms with Gasteiger partial charge in [-0.15, -0.1) is 0 Å². The number of aryl methyl sites for hydroxylation is 2. The van der Waals surface area contributed by atoms with Crippen LogP contribution in [0.2, 0.25) is 0 Å². The molecule has 0 spiro atoms. The van der Waals surface area contributed by atoms with E-state index in [1.165, 1.54) is 0 Å². The molecule has 0 bridgehead atoms. The van der Waals surface area contributed by atoms with Crippen molar-refractivity contribution in [3.8, 4) is 5.75 Å². The lowest BCUT2D eigenvalue weighted by molar-refractivity contribution is 0.0505. The van der Waals surface area contributed by atoms with E-state index in [-0.39, 0.29) is 17.8 Å². The number of rotatable bonds is 5. The average Bonchev–Trinajstić information content (AvgIpc) is 3.07. The van der Waals surface area contributed by atoms with Gasteiger partial charge >= 0.3 is 0 Å². The molecule has 1 amide bonds. The summed E-state index contributed by atoms with van der Waals surface area (Å²) in [6, 6.07) is 13.1. The molecule has 1 N–H and O–H groups in total. The van der Waals surface area contributed by atoms with E-state index in [0.717, 1.165) is 36.1 Å². The standard InChI is InChI=1S/C21H25NO3/c1-15-10-16(2)12-18(11-15)21(24)22(14-19-7-5-9-25-19)13-17-6-3-4-8-20(17)23/h3-4,6,8,10-12,19,23H,5,7,9,13-14H2,1-2H3. The van der Waals surface area contributed by atoms with Crippen molar-refractivity contribution in [3.05, 3.63) is 64.7 Å². The number of amides is 1. The van der Waals surface area contributed by atoms with Crippen LogP contribution in [0.25, 0.3) is 0 Å². The van der Waals surface area contributed by atoms with Gasteiger partial charge in [0.05, 0.1) is 6.10 Å². The molecule has 1 fully saturated rings. The number of carbonyl (C=O) groups excluding carboxylic acids is 1. The minimum Gasteiger partial charge on any atom is -0.508 e. The number of ether oxygens (including phenoxy) is 1. The Morgan fingerprint density at radius 1 is 1.20 bits per heavy atom. The minimum atomic E-state index is -0.0226. The van der Waals surface area contributed by atoms with E-state index in [2.05, 4.69) is 6.07 Å². The second kappa shape index (κ2) is 7.70. The van der Waals surface area contributed by atoms with E-state index in [1.807, 2.05) is 38.1 Å². The Bertz CT molecular complexity index is 730. The molecule has 132 valence electrons. The van der Waals surface area contributed by atoms with Gasteiger partial charge in [0.25, 0.3) is 5.91 Å². The van der Waals surface area contributed by atoms with Crippen LogP contribution in [0.4, 0.5) is 0 Å². The Kier molecular flexibility index (Phi) is 5.39. The van der Waals surface area contributed by atoms with E-state index in [9.17, 15) is 9.90 Å². The Morgan fingerprint density at radius 3 is 2.56 bits per heavy atom. The maximum absolute atomic E-state index is 13.1. The van der Waals surface area contributed by atoms with Crippen LogP contribution in [0, 0.1) is 13.8 Å². The first-order valence-corrected chi connectivity index (χ1v) is 8.79. The van der Waals surface area contributed by atoms with Crippen LogP contribution in [0.15, 0.2) is 42.5 Å². The van der Waals surface area contributed by atoms with Crippen LogP contribution in [0.1, 0.15) is 39.9 Å². The number of aromatic hydroxyl groups is 1. The predicted octanol–water partition coefficient (Wildman–Crippen LogP) is 3.83. The zero-order valence-electron chi connectivity index (χ0n) is 14.9. The number of phenols is 1. The molecule has 1 unspecified atom stereocenters. The highest BCUT2D eigenvalue weighted by Gasteiger charge is 2.24. The summed E-state index contributed by atoms with van der Waals surface area (Å²) in [5.74, 6) is 0.193. The lowest BCUT2D eigenvalue weighted by atomic mass is 10.1. The molecular formula is C21H25NO3. The summed E-state index contributed by atoms with van der Waals surface area (Å²) in [5, 5.41) is 10.1. The van der Waals surface area contributed by atoms with E-state index in [0.29, 0.717) is 18.7 Å². The molecule has 0 aromatic heterocycles. The third-order valence-electron chi connectivity index (χ3n) is 4.56.